The molecule has 3 N–H and O–H groups in total. The molecule has 0 aliphatic heterocycles. The molecule has 0 fully saturated rings. The fourth-order valence-electron chi connectivity index (χ4n) is 1.85. The second kappa shape index (κ2) is 5.09. The van der Waals surface area contributed by atoms with Gasteiger partial charge in [0, 0.05) is 18.8 Å². The van der Waals surface area contributed by atoms with E-state index >= 15 is 0 Å². The highest BCUT2D eigenvalue weighted by atomic mass is 19.1. The van der Waals surface area contributed by atoms with Crippen molar-refractivity contribution in [3.05, 3.63) is 47.5 Å². The molecular formula is C13H15FN4O. The van der Waals surface area contributed by atoms with Crippen molar-refractivity contribution in [1.82, 2.24) is 15.1 Å². The molecule has 100 valence electrons. The molecule has 0 bridgehead atoms. The first-order chi connectivity index (χ1) is 8.99. The summed E-state index contributed by atoms with van der Waals surface area (Å²) in [5.74, 6) is -0.779. The van der Waals surface area contributed by atoms with Crippen LogP contribution in [0.25, 0.3) is 0 Å². The molecule has 6 heteroatoms. The lowest BCUT2D eigenvalue weighted by Gasteiger charge is -2.14. The molecule has 2 aromatic rings. The summed E-state index contributed by atoms with van der Waals surface area (Å²) in [6.45, 7) is 1.70. The van der Waals surface area contributed by atoms with Gasteiger partial charge >= 0.3 is 0 Å². The Kier molecular flexibility index (Phi) is 3.50. The molecule has 1 atom stereocenters. The first kappa shape index (κ1) is 13.1. The van der Waals surface area contributed by atoms with Gasteiger partial charge in [0.15, 0.2) is 5.69 Å². The Hall–Kier alpha value is -2.37. The number of aryl methyl sites for hydroxylation is 1. The molecule has 1 amide bonds. The summed E-state index contributed by atoms with van der Waals surface area (Å²) in [6.07, 6.45) is 1.54. The Bertz CT molecular complexity index is 608. The van der Waals surface area contributed by atoms with E-state index < -0.39 is 11.9 Å². The van der Waals surface area contributed by atoms with Gasteiger partial charge in [-0.2, -0.15) is 5.10 Å². The minimum Gasteiger partial charge on any atom is -0.396 e. The van der Waals surface area contributed by atoms with Gasteiger partial charge in [0.2, 0.25) is 0 Å². The van der Waals surface area contributed by atoms with E-state index in [9.17, 15) is 9.18 Å². The summed E-state index contributed by atoms with van der Waals surface area (Å²) in [5, 5.41) is 6.64. The second-order valence-electron chi connectivity index (χ2n) is 4.32. The van der Waals surface area contributed by atoms with Crippen molar-refractivity contribution in [2.75, 3.05) is 5.73 Å². The number of amides is 1. The van der Waals surface area contributed by atoms with Gasteiger partial charge in [-0.15, -0.1) is 0 Å². The van der Waals surface area contributed by atoms with Crippen LogP contribution in [0, 0.1) is 5.82 Å². The van der Waals surface area contributed by atoms with Crippen LogP contribution >= 0.6 is 0 Å². The van der Waals surface area contributed by atoms with Crippen molar-refractivity contribution in [2.45, 2.75) is 13.0 Å². The highest BCUT2D eigenvalue weighted by Gasteiger charge is 2.18. The number of aromatic nitrogens is 2. The molecule has 0 saturated carbocycles. The van der Waals surface area contributed by atoms with E-state index in [0.717, 1.165) is 0 Å². The predicted octanol–water partition coefficient (Wildman–Crippen LogP) is 1.63. The molecule has 5 nitrogen and oxygen atoms in total. The van der Waals surface area contributed by atoms with Gasteiger partial charge < -0.3 is 11.1 Å². The summed E-state index contributed by atoms with van der Waals surface area (Å²) < 4.78 is 15.0. The number of nitrogens with two attached hydrogens (primary N) is 1. The Morgan fingerprint density at radius 3 is 2.74 bits per heavy atom. The fourth-order valence-corrected chi connectivity index (χ4v) is 1.85. The average molecular weight is 262 g/mol. The topological polar surface area (TPSA) is 72.9 Å². The number of benzene rings is 1. The average Bonchev–Trinajstić information content (AvgIpc) is 2.69. The number of halogens is 1. The van der Waals surface area contributed by atoms with Crippen molar-refractivity contribution in [1.29, 1.82) is 0 Å². The Labute approximate surface area is 110 Å². The molecule has 0 aliphatic carbocycles. The molecule has 1 aromatic heterocycles. The van der Waals surface area contributed by atoms with Crippen LogP contribution in [0.5, 0.6) is 0 Å². The van der Waals surface area contributed by atoms with E-state index in [-0.39, 0.29) is 11.5 Å². The van der Waals surface area contributed by atoms with Gasteiger partial charge in [-0.05, 0) is 13.0 Å². The summed E-state index contributed by atoms with van der Waals surface area (Å²) in [7, 11) is 1.67. The number of carbonyl (C=O) groups excluding carboxylic acids is 1. The van der Waals surface area contributed by atoms with Gasteiger partial charge in [0.25, 0.3) is 5.91 Å². The van der Waals surface area contributed by atoms with Gasteiger partial charge in [-0.25, -0.2) is 4.39 Å². The second-order valence-corrected chi connectivity index (χ2v) is 4.32. The number of nitrogen functional groups attached to an aromatic ring is 1. The van der Waals surface area contributed by atoms with Crippen LogP contribution in [0.2, 0.25) is 0 Å². The van der Waals surface area contributed by atoms with Gasteiger partial charge in [0.1, 0.15) is 5.82 Å². The van der Waals surface area contributed by atoms with Crippen LogP contribution in [0.3, 0.4) is 0 Å². The zero-order valence-electron chi connectivity index (χ0n) is 10.7. The van der Waals surface area contributed by atoms with Crippen molar-refractivity contribution in [2.24, 2.45) is 7.05 Å². The van der Waals surface area contributed by atoms with Crippen molar-refractivity contribution >= 4 is 11.6 Å². The third kappa shape index (κ3) is 2.73. The molecule has 2 rings (SSSR count). The van der Waals surface area contributed by atoms with Crippen LogP contribution < -0.4 is 11.1 Å². The minimum absolute atomic E-state index is 0.144. The number of nitrogens with one attached hydrogen (secondary N) is 1. The van der Waals surface area contributed by atoms with Crippen LogP contribution in [0.1, 0.15) is 29.0 Å². The van der Waals surface area contributed by atoms with Crippen LogP contribution in [0.4, 0.5) is 10.1 Å². The van der Waals surface area contributed by atoms with Gasteiger partial charge in [-0.1, -0.05) is 18.2 Å². The maximum absolute atomic E-state index is 13.6. The van der Waals surface area contributed by atoms with Crippen molar-refractivity contribution < 1.29 is 9.18 Å². The van der Waals surface area contributed by atoms with Crippen LogP contribution in [-0.4, -0.2) is 15.7 Å². The van der Waals surface area contributed by atoms with Crippen LogP contribution in [0.15, 0.2) is 30.5 Å². The number of carbonyl (C=O) groups is 1. The smallest absolute Gasteiger partial charge is 0.274 e. The molecule has 0 aliphatic rings. The van der Waals surface area contributed by atoms with Crippen LogP contribution in [-0.2, 0) is 7.05 Å². The molecule has 19 heavy (non-hydrogen) atoms. The van der Waals surface area contributed by atoms with Crippen molar-refractivity contribution in [3.63, 3.8) is 0 Å². The lowest BCUT2D eigenvalue weighted by Crippen LogP contribution is -2.28. The highest BCUT2D eigenvalue weighted by molar-refractivity contribution is 5.97. The molecule has 0 saturated heterocycles. The number of rotatable bonds is 3. The zero-order valence-corrected chi connectivity index (χ0v) is 10.7. The molecule has 0 radical (unpaired) electrons. The molecular weight excluding hydrogens is 247 g/mol. The normalized spacial score (nSPS) is 12.2. The fraction of sp³-hybridized carbons (Fsp3) is 0.231. The SMILES string of the molecule is CC(NC(=O)c1nn(C)cc1N)c1ccccc1F. The number of nitrogens with zero attached hydrogens (tertiary/aromatic N) is 2. The van der Waals surface area contributed by atoms with Gasteiger partial charge in [-0.3, -0.25) is 9.48 Å². The van der Waals surface area contributed by atoms with E-state index in [1.807, 2.05) is 0 Å². The minimum atomic E-state index is -0.463. The van der Waals surface area contributed by atoms with E-state index in [2.05, 4.69) is 10.4 Å². The molecule has 1 heterocycles. The van der Waals surface area contributed by atoms with Crippen molar-refractivity contribution in [3.8, 4) is 0 Å². The first-order valence-corrected chi connectivity index (χ1v) is 5.83. The lowest BCUT2D eigenvalue weighted by molar-refractivity contribution is 0.0934. The quantitative estimate of drug-likeness (QED) is 0.883. The number of hydrogen-bond donors (Lipinski definition) is 2. The van der Waals surface area contributed by atoms with E-state index in [1.165, 1.54) is 10.7 Å². The van der Waals surface area contributed by atoms with E-state index in [0.29, 0.717) is 11.3 Å². The predicted molar refractivity (Wildman–Crippen MR) is 69.9 cm³/mol. The monoisotopic (exact) mass is 262 g/mol. The summed E-state index contributed by atoms with van der Waals surface area (Å²) in [4.78, 5) is 12.0. The first-order valence-electron chi connectivity index (χ1n) is 5.83. The van der Waals surface area contributed by atoms with E-state index in [4.69, 9.17) is 5.73 Å². The van der Waals surface area contributed by atoms with E-state index in [1.54, 1.807) is 38.4 Å². The molecule has 1 unspecified atom stereocenters. The highest BCUT2D eigenvalue weighted by Crippen LogP contribution is 2.17. The maximum Gasteiger partial charge on any atom is 0.274 e. The maximum atomic E-state index is 13.6. The largest absolute Gasteiger partial charge is 0.396 e. The summed E-state index contributed by atoms with van der Waals surface area (Å²) >= 11 is 0. The Balaban J connectivity index is 2.15. The number of anilines is 1. The zero-order chi connectivity index (χ0) is 14.0. The third-order valence-corrected chi connectivity index (χ3v) is 2.79. The lowest BCUT2D eigenvalue weighted by atomic mass is 10.1. The third-order valence-electron chi connectivity index (χ3n) is 2.79. The summed E-state index contributed by atoms with van der Waals surface area (Å²) in [5.41, 5.74) is 6.53. The Morgan fingerprint density at radius 2 is 2.16 bits per heavy atom. The summed E-state index contributed by atoms with van der Waals surface area (Å²) in [6, 6.07) is 5.84. The van der Waals surface area contributed by atoms with Gasteiger partial charge in [0.05, 0.1) is 11.7 Å². The molecule has 0 spiro atoms. The Morgan fingerprint density at radius 1 is 1.47 bits per heavy atom. The number of hydrogen-bond acceptors (Lipinski definition) is 3. The molecule has 1 aromatic carbocycles. The standard InChI is InChI=1S/C13H15FN4O/c1-8(9-5-3-4-6-10(9)14)16-13(19)12-11(15)7-18(2)17-12/h3-8H,15H2,1-2H3,(H,16,19).